The molecule has 0 spiro atoms. The minimum atomic E-state index is 0.607. The number of benzene rings is 1. The zero-order chi connectivity index (χ0) is 15.4. The lowest BCUT2D eigenvalue weighted by Gasteiger charge is -2.11. The number of hydrogen-bond donors (Lipinski definition) is 1. The van der Waals surface area contributed by atoms with Crippen LogP contribution in [0.2, 0.25) is 5.02 Å². The van der Waals surface area contributed by atoms with Gasteiger partial charge in [-0.25, -0.2) is 0 Å². The van der Waals surface area contributed by atoms with Crippen molar-refractivity contribution in [3.8, 4) is 5.75 Å². The monoisotopic (exact) mass is 371 g/mol. The molecule has 2 aromatic rings. The van der Waals surface area contributed by atoms with Crippen molar-refractivity contribution in [2.75, 3.05) is 12.4 Å². The van der Waals surface area contributed by atoms with E-state index in [9.17, 15) is 0 Å². The summed E-state index contributed by atoms with van der Waals surface area (Å²) >= 11 is 9.68. The number of aryl methyl sites for hydroxylation is 2. The van der Waals surface area contributed by atoms with Gasteiger partial charge in [0.2, 0.25) is 0 Å². The topological polar surface area (TPSA) is 39.1 Å². The molecule has 0 fully saturated rings. The number of methoxy groups -OCH3 is 1. The van der Waals surface area contributed by atoms with E-state index in [2.05, 4.69) is 40.2 Å². The minimum Gasteiger partial charge on any atom is -0.495 e. The van der Waals surface area contributed by atoms with Gasteiger partial charge in [-0.1, -0.05) is 18.5 Å². The maximum absolute atomic E-state index is 6.03. The molecule has 1 aromatic heterocycles. The lowest BCUT2D eigenvalue weighted by molar-refractivity contribution is 0.415. The van der Waals surface area contributed by atoms with Gasteiger partial charge in [0.25, 0.3) is 0 Å². The van der Waals surface area contributed by atoms with Gasteiger partial charge in [-0.3, -0.25) is 4.68 Å². The van der Waals surface area contributed by atoms with E-state index in [1.807, 2.05) is 22.9 Å². The van der Waals surface area contributed by atoms with Gasteiger partial charge in [-0.05, 0) is 41.4 Å². The Morgan fingerprint density at radius 2 is 2.14 bits per heavy atom. The first-order valence-electron chi connectivity index (χ1n) is 6.92. The van der Waals surface area contributed by atoms with E-state index < -0.39 is 0 Å². The number of rotatable bonds is 6. The maximum Gasteiger partial charge on any atom is 0.139 e. The van der Waals surface area contributed by atoms with Crippen molar-refractivity contribution in [3.05, 3.63) is 39.1 Å². The summed E-state index contributed by atoms with van der Waals surface area (Å²) in [5, 5.41) is 8.58. The molecule has 0 aliphatic heterocycles. The quantitative estimate of drug-likeness (QED) is 0.811. The maximum atomic E-state index is 6.03. The van der Waals surface area contributed by atoms with Crippen molar-refractivity contribution in [1.82, 2.24) is 9.78 Å². The van der Waals surface area contributed by atoms with Crippen molar-refractivity contribution in [1.29, 1.82) is 0 Å². The van der Waals surface area contributed by atoms with Crippen LogP contribution in [0.4, 0.5) is 5.69 Å². The molecule has 0 bridgehead atoms. The van der Waals surface area contributed by atoms with Crippen molar-refractivity contribution >= 4 is 33.2 Å². The zero-order valence-electron chi connectivity index (χ0n) is 12.4. The molecular weight excluding hydrogens is 354 g/mol. The van der Waals surface area contributed by atoms with E-state index in [1.54, 1.807) is 7.11 Å². The van der Waals surface area contributed by atoms with Crippen molar-refractivity contribution in [2.45, 2.75) is 33.4 Å². The average Bonchev–Trinajstić information content (AvgIpc) is 2.82. The van der Waals surface area contributed by atoms with Crippen LogP contribution in [-0.2, 0) is 19.5 Å². The van der Waals surface area contributed by atoms with Crippen molar-refractivity contribution in [3.63, 3.8) is 0 Å². The number of nitrogens with one attached hydrogen (secondary N) is 1. The molecule has 21 heavy (non-hydrogen) atoms. The molecule has 114 valence electrons. The van der Waals surface area contributed by atoms with Gasteiger partial charge in [0.05, 0.1) is 34.5 Å². The Hall–Kier alpha value is -1.20. The van der Waals surface area contributed by atoms with Crippen LogP contribution in [0.1, 0.15) is 25.2 Å². The highest BCUT2D eigenvalue weighted by molar-refractivity contribution is 9.10. The highest BCUT2D eigenvalue weighted by Crippen LogP contribution is 2.28. The van der Waals surface area contributed by atoms with Crippen LogP contribution in [0.3, 0.4) is 0 Å². The Kier molecular flexibility index (Phi) is 5.53. The van der Waals surface area contributed by atoms with E-state index in [4.69, 9.17) is 16.3 Å². The van der Waals surface area contributed by atoms with Crippen LogP contribution in [-0.4, -0.2) is 16.9 Å². The zero-order valence-corrected chi connectivity index (χ0v) is 14.8. The van der Waals surface area contributed by atoms with E-state index in [0.29, 0.717) is 17.3 Å². The molecule has 4 nitrogen and oxygen atoms in total. The Labute approximate surface area is 138 Å². The van der Waals surface area contributed by atoms with E-state index in [0.717, 1.165) is 34.5 Å². The fraction of sp³-hybridized carbons (Fsp3) is 0.400. The summed E-state index contributed by atoms with van der Waals surface area (Å²) in [7, 11) is 1.61. The molecule has 2 rings (SSSR count). The van der Waals surface area contributed by atoms with Crippen LogP contribution in [0.25, 0.3) is 0 Å². The third kappa shape index (κ3) is 3.52. The summed E-state index contributed by atoms with van der Waals surface area (Å²) in [5.41, 5.74) is 3.19. The predicted molar refractivity (Wildman–Crippen MR) is 90.3 cm³/mol. The first-order chi connectivity index (χ1) is 10.1. The number of anilines is 1. The first kappa shape index (κ1) is 16.2. The lowest BCUT2D eigenvalue weighted by Crippen LogP contribution is -2.08. The van der Waals surface area contributed by atoms with E-state index in [-0.39, 0.29) is 0 Å². The molecule has 0 saturated carbocycles. The molecule has 6 heteroatoms. The van der Waals surface area contributed by atoms with Gasteiger partial charge >= 0.3 is 0 Å². The van der Waals surface area contributed by atoms with Crippen LogP contribution in [0.5, 0.6) is 5.75 Å². The minimum absolute atomic E-state index is 0.607. The van der Waals surface area contributed by atoms with Crippen molar-refractivity contribution in [2.24, 2.45) is 0 Å². The largest absolute Gasteiger partial charge is 0.495 e. The van der Waals surface area contributed by atoms with Gasteiger partial charge in [0, 0.05) is 18.3 Å². The Balaban J connectivity index is 2.18. The number of aromatic nitrogens is 2. The van der Waals surface area contributed by atoms with Gasteiger partial charge in [-0.2, -0.15) is 5.10 Å². The van der Waals surface area contributed by atoms with Crippen molar-refractivity contribution < 1.29 is 4.74 Å². The summed E-state index contributed by atoms with van der Waals surface area (Å²) in [6, 6.07) is 5.65. The molecule has 0 atom stereocenters. The fourth-order valence-corrected chi connectivity index (χ4v) is 3.04. The van der Waals surface area contributed by atoms with Gasteiger partial charge < -0.3 is 10.1 Å². The fourth-order valence-electron chi connectivity index (χ4n) is 2.14. The second-order valence-electron chi connectivity index (χ2n) is 4.58. The molecule has 0 amide bonds. The average molecular weight is 373 g/mol. The number of halogens is 2. The molecule has 0 unspecified atom stereocenters. The Morgan fingerprint density at radius 3 is 2.76 bits per heavy atom. The lowest BCUT2D eigenvalue weighted by atomic mass is 10.2. The molecule has 1 heterocycles. The smallest absolute Gasteiger partial charge is 0.139 e. The number of hydrogen-bond acceptors (Lipinski definition) is 3. The molecule has 1 aromatic carbocycles. The Morgan fingerprint density at radius 1 is 1.38 bits per heavy atom. The highest BCUT2D eigenvalue weighted by Gasteiger charge is 2.13. The molecule has 1 N–H and O–H groups in total. The molecule has 0 aliphatic carbocycles. The van der Waals surface area contributed by atoms with Gasteiger partial charge in [0.15, 0.2) is 0 Å². The summed E-state index contributed by atoms with van der Waals surface area (Å²) in [5.74, 6) is 0.666. The van der Waals surface area contributed by atoms with Crippen LogP contribution in [0.15, 0.2) is 22.7 Å². The third-order valence-corrected chi connectivity index (χ3v) is 4.53. The molecule has 0 saturated heterocycles. The predicted octanol–water partition coefficient (Wildman–Crippen LogP) is 4.50. The third-order valence-electron chi connectivity index (χ3n) is 3.31. The number of nitrogens with zero attached hydrogens (tertiary/aromatic N) is 2. The summed E-state index contributed by atoms with van der Waals surface area (Å²) in [6.07, 6.45) is 0.912. The Bertz CT molecular complexity index is 628. The van der Waals surface area contributed by atoms with E-state index in [1.165, 1.54) is 0 Å². The van der Waals surface area contributed by atoms with E-state index >= 15 is 0 Å². The van der Waals surface area contributed by atoms with Crippen LogP contribution >= 0.6 is 27.5 Å². The SMILES string of the molecule is CCc1nn(CC)c(CNc2ccc(Cl)c(OC)c2)c1Br. The number of ether oxygens (including phenoxy) is 1. The first-order valence-corrected chi connectivity index (χ1v) is 8.09. The molecular formula is C15H19BrClN3O. The molecule has 0 aliphatic rings. The standard InChI is InChI=1S/C15H19BrClN3O/c1-4-12-15(16)13(20(5-2)19-12)9-18-10-6-7-11(17)14(8-10)21-3/h6-8,18H,4-5,9H2,1-3H3. The second-order valence-corrected chi connectivity index (χ2v) is 5.78. The van der Waals surface area contributed by atoms with Gasteiger partial charge in [0.1, 0.15) is 5.75 Å². The normalized spacial score (nSPS) is 10.7. The summed E-state index contributed by atoms with van der Waals surface area (Å²) < 4.78 is 8.33. The van der Waals surface area contributed by atoms with Crippen LogP contribution < -0.4 is 10.1 Å². The summed E-state index contributed by atoms with van der Waals surface area (Å²) in [6.45, 7) is 5.73. The highest BCUT2D eigenvalue weighted by atomic mass is 79.9. The van der Waals surface area contributed by atoms with Gasteiger partial charge in [-0.15, -0.1) is 0 Å². The van der Waals surface area contributed by atoms with Crippen LogP contribution in [0, 0.1) is 0 Å². The second kappa shape index (κ2) is 7.18. The molecule has 0 radical (unpaired) electrons. The summed E-state index contributed by atoms with van der Waals surface area (Å²) in [4.78, 5) is 0.